The molecule has 8 heavy (non-hydrogen) atoms. The van der Waals surface area contributed by atoms with Crippen molar-refractivity contribution < 1.29 is 17.8 Å². The molecule has 0 amide bonds. The van der Waals surface area contributed by atoms with E-state index in [1.807, 2.05) is 0 Å². The summed E-state index contributed by atoms with van der Waals surface area (Å²) in [5.41, 5.74) is 0. The Morgan fingerprint density at radius 2 is 2.00 bits per heavy atom. The lowest BCUT2D eigenvalue weighted by molar-refractivity contribution is -0.106. The van der Waals surface area contributed by atoms with E-state index in [2.05, 4.69) is 10.2 Å². The Morgan fingerprint density at radius 1 is 1.88 bits per heavy atom. The van der Waals surface area contributed by atoms with E-state index in [-0.39, 0.29) is 0 Å². The minimum absolute atomic E-state index is 0.750. The third kappa shape index (κ3) is 43.6. The minimum atomic E-state index is -2.29. The second kappa shape index (κ2) is 9.85. The Balaban J connectivity index is 0. The van der Waals surface area contributed by atoms with Crippen LogP contribution in [0.25, 0.3) is 0 Å². The second-order valence-corrected chi connectivity index (χ2v) is 1.18. The molecule has 0 aliphatic rings. The van der Waals surface area contributed by atoms with E-state index < -0.39 is 11.4 Å². The van der Waals surface area contributed by atoms with Crippen LogP contribution in [0.15, 0.2) is 0 Å². The van der Waals surface area contributed by atoms with E-state index in [9.17, 15) is 0 Å². The van der Waals surface area contributed by atoms with Gasteiger partial charge in [-0.25, -0.2) is 0 Å². The summed E-state index contributed by atoms with van der Waals surface area (Å²) in [6, 6.07) is 0. The van der Waals surface area contributed by atoms with Crippen LogP contribution in [0.5, 0.6) is 0 Å². The molecule has 0 heterocycles. The number of carbonyl (C=O) groups is 1. The normalized spacial score (nSPS) is 10.9. The van der Waals surface area contributed by atoms with Crippen LogP contribution in [0, 0.1) is 0 Å². The van der Waals surface area contributed by atoms with Gasteiger partial charge in [-0.05, 0) is 6.92 Å². The summed E-state index contributed by atoms with van der Waals surface area (Å²) in [5.74, 6) is 4.12. The van der Waals surface area contributed by atoms with Crippen molar-refractivity contribution in [2.75, 3.05) is 0 Å². The third-order valence-electron chi connectivity index (χ3n) is 0.0823. The van der Waals surface area contributed by atoms with E-state index in [0.29, 0.717) is 0 Å². The second-order valence-electron chi connectivity index (χ2n) is 0.549. The molecule has 0 aromatic carbocycles. The largest absolute Gasteiger partial charge is 0.319 e. The molecule has 50 valence electrons. The van der Waals surface area contributed by atoms with Crippen LogP contribution in [-0.2, 0) is 20.4 Å². The van der Waals surface area contributed by atoms with Gasteiger partial charge in [-0.1, -0.05) is 0 Å². The van der Waals surface area contributed by atoms with Gasteiger partial charge in [-0.3, -0.25) is 4.55 Å². The molecule has 3 N–H and O–H groups in total. The molecule has 0 radical (unpaired) electrons. The zero-order chi connectivity index (χ0) is 6.99. The van der Waals surface area contributed by atoms with Crippen molar-refractivity contribution >= 4 is 17.6 Å². The Hall–Kier alpha value is -0.300. The molecule has 0 aliphatic heterocycles. The average Bonchev–Trinajstić information content (AvgIpc) is 1.69. The quantitative estimate of drug-likeness (QED) is 0.284. The highest BCUT2D eigenvalue weighted by atomic mass is 32.2. The summed E-state index contributed by atoms with van der Waals surface area (Å²) in [6.45, 7) is 1.44. The van der Waals surface area contributed by atoms with Crippen molar-refractivity contribution in [3.05, 3.63) is 0 Å². The molecule has 0 saturated heterocycles. The van der Waals surface area contributed by atoms with Gasteiger partial charge >= 0.3 is 11.4 Å². The summed E-state index contributed by atoms with van der Waals surface area (Å²) in [4.78, 5) is 8.81. The Bertz CT molecular complexity index is 74.4. The van der Waals surface area contributed by atoms with Crippen molar-refractivity contribution in [2.45, 2.75) is 6.92 Å². The van der Waals surface area contributed by atoms with Gasteiger partial charge in [-0.15, -0.1) is 0 Å². The van der Waals surface area contributed by atoms with Crippen molar-refractivity contribution in [3.63, 3.8) is 0 Å². The molecular weight excluding hydrogens is 134 g/mol. The molecular formula is C2H7NO4S. The lowest BCUT2D eigenvalue weighted by Crippen LogP contribution is -2.00. The number of aldehydes is 1. The summed E-state index contributed by atoms with van der Waals surface area (Å²) in [6.07, 6.45) is 0.750. The minimum Gasteiger partial charge on any atom is -0.304 e. The topological polar surface area (TPSA) is 89.6 Å². The predicted octanol–water partition coefficient (Wildman–Crippen LogP) is -0.781. The van der Waals surface area contributed by atoms with Gasteiger partial charge in [0.2, 0.25) is 0 Å². The molecule has 0 fully saturated rings. The van der Waals surface area contributed by atoms with Gasteiger partial charge < -0.3 is 4.79 Å². The molecule has 1 atom stereocenters. The average molecular weight is 141 g/mol. The summed E-state index contributed by atoms with van der Waals surface area (Å²) in [7, 11) is 0. The number of rotatable bonds is 1. The molecule has 0 bridgehead atoms. The van der Waals surface area contributed by atoms with Crippen LogP contribution in [0.3, 0.4) is 0 Å². The number of hydrogen-bond acceptors (Lipinski definition) is 4. The van der Waals surface area contributed by atoms with E-state index in [1.54, 1.807) is 0 Å². The molecule has 6 heteroatoms. The van der Waals surface area contributed by atoms with E-state index in [0.717, 1.165) is 6.29 Å². The lowest BCUT2D eigenvalue weighted by atomic mass is 11.0. The number of hydrogen-bond donors (Lipinski definition) is 2. The van der Waals surface area contributed by atoms with Crippen LogP contribution in [0.4, 0.5) is 0 Å². The predicted molar refractivity (Wildman–Crippen MR) is 27.8 cm³/mol. The van der Waals surface area contributed by atoms with Gasteiger partial charge in [0.15, 0.2) is 0 Å². The third-order valence-corrected chi connectivity index (χ3v) is 0.247. The van der Waals surface area contributed by atoms with Crippen LogP contribution >= 0.6 is 0 Å². The highest BCUT2D eigenvalue weighted by molar-refractivity contribution is 7.74. The lowest BCUT2D eigenvalue weighted by Gasteiger charge is -1.75. The molecule has 0 aliphatic carbocycles. The standard InChI is InChI=1S/C2H4O.H3NO3S/c1-2-3;1-4-5(2)3/h2H,1H3;1H2,(H,2,3). The van der Waals surface area contributed by atoms with Gasteiger partial charge in [0.05, 0.1) is 0 Å². The number of carbonyl (C=O) groups excluding carboxylic acids is 1. The van der Waals surface area contributed by atoms with Crippen molar-refractivity contribution in [3.8, 4) is 0 Å². The SMILES string of the molecule is CC=O.NOS(=O)O. The fourth-order valence-corrected chi connectivity index (χ4v) is 0. The van der Waals surface area contributed by atoms with Crippen molar-refractivity contribution in [1.29, 1.82) is 0 Å². The summed E-state index contributed by atoms with van der Waals surface area (Å²) < 4.78 is 19.9. The molecule has 0 aromatic rings. The molecule has 0 aromatic heterocycles. The van der Waals surface area contributed by atoms with Gasteiger partial charge in [0.25, 0.3) is 0 Å². The zero-order valence-corrected chi connectivity index (χ0v) is 5.05. The fraction of sp³-hybridized carbons (Fsp3) is 0.500. The molecule has 0 rings (SSSR count). The first-order valence-electron chi connectivity index (χ1n) is 1.56. The van der Waals surface area contributed by atoms with E-state index >= 15 is 0 Å². The first kappa shape index (κ1) is 10.6. The van der Waals surface area contributed by atoms with Crippen molar-refractivity contribution in [2.24, 2.45) is 5.90 Å². The Morgan fingerprint density at radius 3 is 2.00 bits per heavy atom. The maximum Gasteiger partial charge on any atom is 0.319 e. The highest BCUT2D eigenvalue weighted by Crippen LogP contribution is 1.58. The van der Waals surface area contributed by atoms with Crippen LogP contribution in [0.2, 0.25) is 0 Å². The zero-order valence-electron chi connectivity index (χ0n) is 4.23. The van der Waals surface area contributed by atoms with Gasteiger partial charge in [0, 0.05) is 0 Å². The fourth-order valence-electron chi connectivity index (χ4n) is 0. The summed E-state index contributed by atoms with van der Waals surface area (Å²) in [5, 5.41) is 0. The molecule has 0 saturated carbocycles. The van der Waals surface area contributed by atoms with E-state index in [1.165, 1.54) is 6.92 Å². The molecule has 0 spiro atoms. The molecule has 1 unspecified atom stereocenters. The van der Waals surface area contributed by atoms with Crippen LogP contribution in [-0.4, -0.2) is 15.0 Å². The number of nitrogens with two attached hydrogens (primary N) is 1. The van der Waals surface area contributed by atoms with Gasteiger partial charge in [-0.2, -0.15) is 14.4 Å². The highest BCUT2D eigenvalue weighted by Gasteiger charge is 1.76. The monoisotopic (exact) mass is 141 g/mol. The molecule has 5 nitrogen and oxygen atoms in total. The van der Waals surface area contributed by atoms with E-state index in [4.69, 9.17) is 13.6 Å². The van der Waals surface area contributed by atoms with Crippen LogP contribution in [0.1, 0.15) is 6.92 Å². The first-order chi connectivity index (χ1) is 3.68. The summed E-state index contributed by atoms with van der Waals surface area (Å²) >= 11 is -2.29. The first-order valence-corrected chi connectivity index (χ1v) is 2.60. The van der Waals surface area contributed by atoms with Crippen LogP contribution < -0.4 is 5.90 Å². The van der Waals surface area contributed by atoms with Gasteiger partial charge in [0.1, 0.15) is 6.29 Å². The Kier molecular flexibility index (Phi) is 13.1. The Labute approximate surface area is 49.3 Å². The smallest absolute Gasteiger partial charge is 0.304 e. The van der Waals surface area contributed by atoms with Crippen molar-refractivity contribution in [1.82, 2.24) is 0 Å². The maximum absolute atomic E-state index is 9.13. The maximum atomic E-state index is 9.13.